The number of hydrogen-bond donors (Lipinski definition) is 2. The van der Waals surface area contributed by atoms with Crippen LogP contribution in [0, 0.1) is 0 Å². The summed E-state index contributed by atoms with van der Waals surface area (Å²) >= 11 is 0. The zero-order valence-corrected chi connectivity index (χ0v) is 12.5. The van der Waals surface area contributed by atoms with E-state index in [-0.39, 0.29) is 0 Å². The maximum Gasteiger partial charge on any atom is 0.191 e. The number of aromatic nitrogens is 1. The Hall–Kier alpha value is -2.56. The Labute approximate surface area is 130 Å². The highest BCUT2D eigenvalue weighted by molar-refractivity contribution is 5.80. The number of benzene rings is 1. The number of guanidine groups is 1. The van der Waals surface area contributed by atoms with E-state index in [1.165, 1.54) is 5.56 Å². The predicted octanol–water partition coefficient (Wildman–Crippen LogP) is 2.10. The first kappa shape index (κ1) is 14.4. The van der Waals surface area contributed by atoms with Gasteiger partial charge in [-0.3, -0.25) is 9.98 Å². The molecule has 5 heteroatoms. The van der Waals surface area contributed by atoms with Gasteiger partial charge in [0.2, 0.25) is 0 Å². The molecule has 22 heavy (non-hydrogen) atoms. The molecule has 2 aromatic rings. The zero-order valence-electron chi connectivity index (χ0n) is 12.5. The first-order chi connectivity index (χ1) is 10.9. The van der Waals surface area contributed by atoms with Crippen molar-refractivity contribution in [2.45, 2.75) is 19.6 Å². The van der Waals surface area contributed by atoms with Crippen molar-refractivity contribution in [1.82, 2.24) is 15.6 Å². The summed E-state index contributed by atoms with van der Waals surface area (Å²) in [4.78, 5) is 8.63. The normalized spacial score (nSPS) is 13.9. The van der Waals surface area contributed by atoms with E-state index in [9.17, 15) is 0 Å². The summed E-state index contributed by atoms with van der Waals surface area (Å²) in [5, 5.41) is 6.55. The van der Waals surface area contributed by atoms with Crippen LogP contribution >= 0.6 is 0 Å². The smallest absolute Gasteiger partial charge is 0.191 e. The van der Waals surface area contributed by atoms with E-state index in [1.54, 1.807) is 6.20 Å². The molecule has 1 aliphatic heterocycles. The van der Waals surface area contributed by atoms with Crippen molar-refractivity contribution >= 4 is 5.96 Å². The van der Waals surface area contributed by atoms with Gasteiger partial charge in [0.05, 0.1) is 5.69 Å². The summed E-state index contributed by atoms with van der Waals surface area (Å²) in [6.45, 7) is 3.13. The highest BCUT2D eigenvalue weighted by Crippen LogP contribution is 2.13. The highest BCUT2D eigenvalue weighted by Gasteiger charge is 2.03. The van der Waals surface area contributed by atoms with Crippen LogP contribution in [-0.4, -0.2) is 24.0 Å². The van der Waals surface area contributed by atoms with Crippen LogP contribution in [0.1, 0.15) is 17.7 Å². The van der Waals surface area contributed by atoms with Crippen molar-refractivity contribution in [2.75, 3.05) is 13.1 Å². The second-order valence-electron chi connectivity index (χ2n) is 5.12. The maximum absolute atomic E-state index is 5.72. The summed E-state index contributed by atoms with van der Waals surface area (Å²) in [7, 11) is 0. The second kappa shape index (κ2) is 7.45. The number of ether oxygens (including phenoxy) is 1. The maximum atomic E-state index is 5.72. The van der Waals surface area contributed by atoms with E-state index in [4.69, 9.17) is 4.74 Å². The topological polar surface area (TPSA) is 58.5 Å². The lowest BCUT2D eigenvalue weighted by atomic mass is 10.2. The van der Waals surface area contributed by atoms with Gasteiger partial charge < -0.3 is 15.4 Å². The molecule has 0 saturated heterocycles. The molecule has 0 bridgehead atoms. The third-order valence-corrected chi connectivity index (χ3v) is 3.39. The summed E-state index contributed by atoms with van der Waals surface area (Å²) in [5.41, 5.74) is 2.12. The third kappa shape index (κ3) is 4.22. The lowest BCUT2D eigenvalue weighted by Gasteiger charge is -2.16. The molecular formula is C17H20N4O. The fourth-order valence-corrected chi connectivity index (χ4v) is 2.18. The summed E-state index contributed by atoms with van der Waals surface area (Å²) in [5.74, 6) is 1.74. The molecule has 0 radical (unpaired) electrons. The molecule has 0 atom stereocenters. The number of rotatable bonds is 5. The van der Waals surface area contributed by atoms with Gasteiger partial charge in [-0.1, -0.05) is 18.2 Å². The number of aliphatic imine (C=N–C) groups is 1. The first-order valence-corrected chi connectivity index (χ1v) is 7.54. The van der Waals surface area contributed by atoms with Gasteiger partial charge >= 0.3 is 0 Å². The molecule has 0 saturated carbocycles. The lowest BCUT2D eigenvalue weighted by Crippen LogP contribution is -2.40. The fourth-order valence-electron chi connectivity index (χ4n) is 2.18. The molecule has 0 fully saturated rings. The number of pyridine rings is 1. The molecule has 114 valence electrons. The van der Waals surface area contributed by atoms with Crippen molar-refractivity contribution in [3.05, 3.63) is 59.9 Å². The monoisotopic (exact) mass is 296 g/mol. The largest absolute Gasteiger partial charge is 0.487 e. The van der Waals surface area contributed by atoms with Crippen LogP contribution < -0.4 is 15.4 Å². The Balaban J connectivity index is 1.48. The summed E-state index contributed by atoms with van der Waals surface area (Å²) in [6, 6.07) is 13.9. The zero-order chi connectivity index (χ0) is 15.0. The average molecular weight is 296 g/mol. The molecule has 0 amide bonds. The highest BCUT2D eigenvalue weighted by atomic mass is 16.5. The van der Waals surface area contributed by atoms with E-state index in [0.717, 1.165) is 43.5 Å². The van der Waals surface area contributed by atoms with Gasteiger partial charge in [-0.2, -0.15) is 0 Å². The standard InChI is InChI=1S/C17H20N4O/c1-2-9-18-15(4-1)13-22-16-7-5-14(6-8-16)12-21-17-19-10-3-11-20-17/h1-2,4-9H,3,10-13H2,(H2,19,20,21). The molecular weight excluding hydrogens is 276 g/mol. The van der Waals surface area contributed by atoms with Crippen molar-refractivity contribution < 1.29 is 4.74 Å². The van der Waals surface area contributed by atoms with E-state index < -0.39 is 0 Å². The van der Waals surface area contributed by atoms with Gasteiger partial charge in [0.15, 0.2) is 5.96 Å². The Morgan fingerprint density at radius 3 is 2.77 bits per heavy atom. The Morgan fingerprint density at radius 1 is 1.14 bits per heavy atom. The first-order valence-electron chi connectivity index (χ1n) is 7.54. The molecule has 1 aromatic heterocycles. The van der Waals surface area contributed by atoms with E-state index >= 15 is 0 Å². The lowest BCUT2D eigenvalue weighted by molar-refractivity contribution is 0.301. The molecule has 1 aliphatic rings. The van der Waals surface area contributed by atoms with Gasteiger partial charge in [-0.25, -0.2) is 0 Å². The predicted molar refractivity (Wildman–Crippen MR) is 86.8 cm³/mol. The average Bonchev–Trinajstić information content (AvgIpc) is 2.61. The molecule has 2 N–H and O–H groups in total. The van der Waals surface area contributed by atoms with Crippen LogP contribution in [0.3, 0.4) is 0 Å². The third-order valence-electron chi connectivity index (χ3n) is 3.39. The number of hydrogen-bond acceptors (Lipinski definition) is 5. The van der Waals surface area contributed by atoms with Crippen LogP contribution in [0.2, 0.25) is 0 Å². The Morgan fingerprint density at radius 2 is 2.05 bits per heavy atom. The van der Waals surface area contributed by atoms with Crippen LogP contribution in [0.4, 0.5) is 0 Å². The van der Waals surface area contributed by atoms with Crippen LogP contribution in [-0.2, 0) is 13.2 Å². The Kier molecular flexibility index (Phi) is 4.87. The van der Waals surface area contributed by atoms with Crippen LogP contribution in [0.25, 0.3) is 0 Å². The fraction of sp³-hybridized carbons (Fsp3) is 0.294. The van der Waals surface area contributed by atoms with E-state index in [1.807, 2.05) is 30.3 Å². The van der Waals surface area contributed by atoms with Crippen molar-refractivity contribution in [3.8, 4) is 5.75 Å². The molecule has 0 unspecified atom stereocenters. The number of nitrogens with one attached hydrogen (secondary N) is 2. The SMILES string of the molecule is c1ccc(COc2ccc(CNC3=NCCCN3)cc2)nc1. The molecule has 3 rings (SSSR count). The molecule has 0 spiro atoms. The Bertz CT molecular complexity index is 610. The van der Waals surface area contributed by atoms with Crippen LogP contribution in [0.5, 0.6) is 5.75 Å². The summed E-state index contributed by atoms with van der Waals surface area (Å²) < 4.78 is 5.72. The van der Waals surface area contributed by atoms with Gasteiger partial charge in [-0.15, -0.1) is 0 Å². The quantitative estimate of drug-likeness (QED) is 0.887. The van der Waals surface area contributed by atoms with E-state index in [0.29, 0.717) is 6.61 Å². The minimum Gasteiger partial charge on any atom is -0.487 e. The van der Waals surface area contributed by atoms with Crippen molar-refractivity contribution in [2.24, 2.45) is 4.99 Å². The van der Waals surface area contributed by atoms with Gasteiger partial charge in [-0.05, 0) is 36.2 Å². The van der Waals surface area contributed by atoms with E-state index in [2.05, 4.69) is 32.7 Å². The van der Waals surface area contributed by atoms with Crippen molar-refractivity contribution in [1.29, 1.82) is 0 Å². The van der Waals surface area contributed by atoms with Crippen LogP contribution in [0.15, 0.2) is 53.7 Å². The minimum atomic E-state index is 0.485. The second-order valence-corrected chi connectivity index (χ2v) is 5.12. The number of nitrogens with zero attached hydrogens (tertiary/aromatic N) is 2. The van der Waals surface area contributed by atoms with Gasteiger partial charge in [0.1, 0.15) is 12.4 Å². The van der Waals surface area contributed by atoms with Gasteiger partial charge in [0.25, 0.3) is 0 Å². The molecule has 2 heterocycles. The van der Waals surface area contributed by atoms with Gasteiger partial charge in [0, 0.05) is 25.8 Å². The molecule has 1 aromatic carbocycles. The van der Waals surface area contributed by atoms with Crippen molar-refractivity contribution in [3.63, 3.8) is 0 Å². The molecule has 0 aliphatic carbocycles. The minimum absolute atomic E-state index is 0.485. The summed E-state index contributed by atoms with van der Waals surface area (Å²) in [6.07, 6.45) is 2.88. The molecule has 5 nitrogen and oxygen atoms in total.